The van der Waals surface area contributed by atoms with E-state index in [-0.39, 0.29) is 19.0 Å². The number of allylic oxidation sites excluding steroid dienone is 1. The fourth-order valence-electron chi connectivity index (χ4n) is 3.91. The van der Waals surface area contributed by atoms with Crippen molar-refractivity contribution in [2.24, 2.45) is 4.99 Å². The van der Waals surface area contributed by atoms with E-state index in [9.17, 15) is 9.59 Å². The van der Waals surface area contributed by atoms with Crippen LogP contribution in [0.1, 0.15) is 31.0 Å². The summed E-state index contributed by atoms with van der Waals surface area (Å²) in [5, 5.41) is 0.562. The molecule has 7 nitrogen and oxygen atoms in total. The number of hydrogen-bond donors (Lipinski definition) is 0. The lowest BCUT2D eigenvalue weighted by Gasteiger charge is -2.24. The highest BCUT2D eigenvalue weighted by Gasteiger charge is 2.33. The predicted molar refractivity (Wildman–Crippen MR) is 124 cm³/mol. The van der Waals surface area contributed by atoms with Crippen LogP contribution in [0.15, 0.2) is 63.5 Å². The van der Waals surface area contributed by atoms with Crippen molar-refractivity contribution in [3.63, 3.8) is 0 Å². The van der Waals surface area contributed by atoms with E-state index in [1.807, 2.05) is 18.2 Å². The SMILES string of the molecule is CCOC(=O)C1=C(C)N=c2s/c(=C/c3ccc4c(c3)OCO4)c(=O)n2[C@H]1c1ccc(Cl)cc1. The minimum absolute atomic E-state index is 0.179. The summed E-state index contributed by atoms with van der Waals surface area (Å²) in [5.74, 6) is 0.811. The van der Waals surface area contributed by atoms with E-state index in [2.05, 4.69) is 4.99 Å². The lowest BCUT2D eigenvalue weighted by Crippen LogP contribution is -2.39. The van der Waals surface area contributed by atoms with Crippen molar-refractivity contribution in [2.75, 3.05) is 13.4 Å². The molecule has 0 radical (unpaired) electrons. The fourth-order valence-corrected chi connectivity index (χ4v) is 5.08. The Morgan fingerprint density at radius 2 is 2.00 bits per heavy atom. The third-order valence-corrected chi connectivity index (χ3v) is 6.63. The Morgan fingerprint density at radius 3 is 2.76 bits per heavy atom. The van der Waals surface area contributed by atoms with Crippen LogP contribution in [0.25, 0.3) is 6.08 Å². The van der Waals surface area contributed by atoms with Crippen LogP contribution in [0.5, 0.6) is 11.5 Å². The summed E-state index contributed by atoms with van der Waals surface area (Å²) in [6, 6.07) is 11.9. The molecule has 1 aromatic heterocycles. The molecule has 0 saturated heterocycles. The van der Waals surface area contributed by atoms with E-state index in [0.717, 1.165) is 11.1 Å². The molecule has 1 atom stereocenters. The van der Waals surface area contributed by atoms with E-state index in [1.165, 1.54) is 11.3 Å². The number of ether oxygens (including phenoxy) is 3. The van der Waals surface area contributed by atoms with Gasteiger partial charge in [0.05, 0.1) is 28.5 Å². The number of thiazole rings is 1. The van der Waals surface area contributed by atoms with Gasteiger partial charge in [-0.25, -0.2) is 9.79 Å². The van der Waals surface area contributed by atoms with Crippen molar-refractivity contribution in [1.82, 2.24) is 4.57 Å². The number of carbonyl (C=O) groups excluding carboxylic acids is 1. The summed E-state index contributed by atoms with van der Waals surface area (Å²) in [7, 11) is 0. The predicted octanol–water partition coefficient (Wildman–Crippen LogP) is 3.18. The van der Waals surface area contributed by atoms with Gasteiger partial charge in [0.25, 0.3) is 5.56 Å². The third-order valence-electron chi connectivity index (χ3n) is 5.40. The molecule has 0 amide bonds. The van der Waals surface area contributed by atoms with E-state index in [0.29, 0.717) is 37.1 Å². The number of rotatable bonds is 4. The van der Waals surface area contributed by atoms with Crippen LogP contribution in [-0.2, 0) is 9.53 Å². The van der Waals surface area contributed by atoms with E-state index < -0.39 is 12.0 Å². The monoisotopic (exact) mass is 482 g/mol. The minimum atomic E-state index is -0.670. The highest BCUT2D eigenvalue weighted by molar-refractivity contribution is 7.07. The first-order valence-corrected chi connectivity index (χ1v) is 11.5. The van der Waals surface area contributed by atoms with Gasteiger partial charge in [0.15, 0.2) is 16.3 Å². The molecular formula is C24H19ClN2O5S. The number of halogens is 1. The van der Waals surface area contributed by atoms with Crippen molar-refractivity contribution < 1.29 is 19.0 Å². The number of nitrogens with zero attached hydrogens (tertiary/aromatic N) is 2. The van der Waals surface area contributed by atoms with Crippen LogP contribution in [0, 0.1) is 0 Å². The first kappa shape index (κ1) is 21.5. The lowest BCUT2D eigenvalue weighted by atomic mass is 9.96. The highest BCUT2D eigenvalue weighted by atomic mass is 35.5. The van der Waals surface area contributed by atoms with E-state index in [1.54, 1.807) is 48.8 Å². The average molecular weight is 483 g/mol. The van der Waals surface area contributed by atoms with Crippen LogP contribution in [0.4, 0.5) is 0 Å². The molecule has 0 spiro atoms. The first-order chi connectivity index (χ1) is 16.0. The molecule has 2 aliphatic rings. The molecule has 2 aliphatic heterocycles. The van der Waals surface area contributed by atoms with Crippen molar-refractivity contribution in [2.45, 2.75) is 19.9 Å². The van der Waals surface area contributed by atoms with Crippen LogP contribution in [-0.4, -0.2) is 23.9 Å². The second kappa shape index (κ2) is 8.53. The van der Waals surface area contributed by atoms with Crippen LogP contribution < -0.4 is 24.4 Å². The summed E-state index contributed by atoms with van der Waals surface area (Å²) in [5.41, 5.74) is 2.15. The molecule has 0 unspecified atom stereocenters. The number of benzene rings is 2. The van der Waals surface area contributed by atoms with Gasteiger partial charge >= 0.3 is 5.97 Å². The molecule has 0 aliphatic carbocycles. The number of fused-ring (bicyclic) bond motifs is 2. The minimum Gasteiger partial charge on any atom is -0.463 e. The van der Waals surface area contributed by atoms with Crippen LogP contribution in [0.2, 0.25) is 5.02 Å². The molecular weight excluding hydrogens is 464 g/mol. The van der Waals surface area contributed by atoms with Crippen molar-refractivity contribution in [1.29, 1.82) is 0 Å². The van der Waals surface area contributed by atoms with Crippen molar-refractivity contribution in [3.05, 3.63) is 89.6 Å². The normalized spacial score (nSPS) is 17.1. The van der Waals surface area contributed by atoms with Crippen molar-refractivity contribution in [3.8, 4) is 11.5 Å². The lowest BCUT2D eigenvalue weighted by molar-refractivity contribution is -0.139. The Kier molecular flexibility index (Phi) is 5.55. The van der Waals surface area contributed by atoms with Crippen LogP contribution >= 0.6 is 22.9 Å². The smallest absolute Gasteiger partial charge is 0.338 e. The Balaban J connectivity index is 1.69. The molecule has 5 rings (SSSR count). The molecule has 0 saturated carbocycles. The van der Waals surface area contributed by atoms with Gasteiger partial charge in [-0.15, -0.1) is 0 Å². The zero-order valence-corrected chi connectivity index (χ0v) is 19.4. The van der Waals surface area contributed by atoms with Gasteiger partial charge < -0.3 is 14.2 Å². The standard InChI is InChI=1S/C24H19ClN2O5S/c1-3-30-23(29)20-13(2)26-24-27(21(20)15-5-7-16(25)8-6-15)22(28)19(33-24)11-14-4-9-17-18(10-14)32-12-31-17/h4-11,21H,3,12H2,1-2H3/b19-11+/t21-/m0/s1. The maximum absolute atomic E-state index is 13.6. The number of carbonyl (C=O) groups is 1. The summed E-state index contributed by atoms with van der Waals surface area (Å²) >= 11 is 7.35. The van der Waals surface area contributed by atoms with Gasteiger partial charge in [-0.2, -0.15) is 0 Å². The van der Waals surface area contributed by atoms with E-state index >= 15 is 0 Å². The second-order valence-corrected chi connectivity index (χ2v) is 8.91. The largest absolute Gasteiger partial charge is 0.463 e. The fraction of sp³-hybridized carbons (Fsp3) is 0.208. The molecule has 0 N–H and O–H groups in total. The molecule has 3 heterocycles. The van der Waals surface area contributed by atoms with Gasteiger partial charge in [0.2, 0.25) is 6.79 Å². The highest BCUT2D eigenvalue weighted by Crippen LogP contribution is 2.33. The number of esters is 1. The van der Waals surface area contributed by atoms with Crippen molar-refractivity contribution >= 4 is 35.0 Å². The Hall–Kier alpha value is -3.36. The Morgan fingerprint density at radius 1 is 1.24 bits per heavy atom. The topological polar surface area (TPSA) is 79.1 Å². The summed E-state index contributed by atoms with van der Waals surface area (Å²) in [4.78, 5) is 31.5. The first-order valence-electron chi connectivity index (χ1n) is 10.3. The summed E-state index contributed by atoms with van der Waals surface area (Å²) in [6.45, 7) is 3.89. The average Bonchev–Trinajstić information content (AvgIpc) is 3.37. The summed E-state index contributed by atoms with van der Waals surface area (Å²) < 4.78 is 18.1. The molecule has 3 aromatic rings. The van der Waals surface area contributed by atoms with Gasteiger partial charge in [-0.1, -0.05) is 41.1 Å². The summed E-state index contributed by atoms with van der Waals surface area (Å²) in [6.07, 6.45) is 1.79. The van der Waals surface area contributed by atoms with Gasteiger partial charge in [0, 0.05) is 5.02 Å². The Labute approximate surface area is 197 Å². The van der Waals surface area contributed by atoms with Gasteiger partial charge in [-0.05, 0) is 55.3 Å². The molecule has 0 fully saturated rings. The zero-order valence-electron chi connectivity index (χ0n) is 17.8. The number of aromatic nitrogens is 1. The molecule has 9 heteroatoms. The molecule has 33 heavy (non-hydrogen) atoms. The molecule has 168 valence electrons. The molecule has 2 aromatic carbocycles. The van der Waals surface area contributed by atoms with E-state index in [4.69, 9.17) is 25.8 Å². The number of hydrogen-bond acceptors (Lipinski definition) is 7. The third kappa shape index (κ3) is 3.85. The second-order valence-electron chi connectivity index (χ2n) is 7.47. The molecule has 0 bridgehead atoms. The van der Waals surface area contributed by atoms with Gasteiger partial charge in [-0.3, -0.25) is 9.36 Å². The quantitative estimate of drug-likeness (QED) is 0.534. The zero-order chi connectivity index (χ0) is 23.1. The van der Waals surface area contributed by atoms with Crippen LogP contribution in [0.3, 0.4) is 0 Å². The maximum atomic E-state index is 13.6. The maximum Gasteiger partial charge on any atom is 0.338 e. The van der Waals surface area contributed by atoms with Gasteiger partial charge in [0.1, 0.15) is 0 Å². The Bertz CT molecular complexity index is 1470.